The van der Waals surface area contributed by atoms with Crippen molar-refractivity contribution in [3.63, 3.8) is 0 Å². The third-order valence-electron chi connectivity index (χ3n) is 2.43. The minimum Gasteiger partial charge on any atom is -0.495 e. The van der Waals surface area contributed by atoms with E-state index in [1.54, 1.807) is 7.11 Å². The molecular formula is C14H12N2OS. The summed E-state index contributed by atoms with van der Waals surface area (Å²) in [4.78, 5) is 3.90. The lowest BCUT2D eigenvalue weighted by Crippen LogP contribution is -1.93. The summed E-state index contributed by atoms with van der Waals surface area (Å²) in [5.41, 5.74) is 2.67. The van der Waals surface area contributed by atoms with Crippen molar-refractivity contribution in [2.45, 2.75) is 0 Å². The number of para-hydroxylation sites is 2. The highest BCUT2D eigenvalue weighted by molar-refractivity contribution is 7.78. The second-order valence-electron chi connectivity index (χ2n) is 3.58. The zero-order valence-electron chi connectivity index (χ0n) is 9.88. The molecule has 0 aliphatic carbocycles. The smallest absolute Gasteiger partial charge is 0.142 e. The fourth-order valence-electron chi connectivity index (χ4n) is 1.58. The lowest BCUT2D eigenvalue weighted by Gasteiger charge is -2.10. The van der Waals surface area contributed by atoms with Gasteiger partial charge in [-0.3, -0.25) is 0 Å². The van der Waals surface area contributed by atoms with Crippen molar-refractivity contribution in [3.8, 4) is 5.75 Å². The topological polar surface area (TPSA) is 33.6 Å². The molecule has 0 aliphatic heterocycles. The molecule has 18 heavy (non-hydrogen) atoms. The van der Waals surface area contributed by atoms with Gasteiger partial charge in [0, 0.05) is 5.69 Å². The summed E-state index contributed by atoms with van der Waals surface area (Å²) >= 11 is 4.56. The fraction of sp³-hybridized carbons (Fsp3) is 0.0714. The number of benzene rings is 2. The molecule has 0 fully saturated rings. The van der Waals surface area contributed by atoms with Gasteiger partial charge in [-0.05, 0) is 48.6 Å². The molecule has 0 unspecified atom stereocenters. The predicted octanol–water partition coefficient (Wildman–Crippen LogP) is 4.17. The van der Waals surface area contributed by atoms with Crippen molar-refractivity contribution in [1.29, 1.82) is 0 Å². The van der Waals surface area contributed by atoms with Crippen LogP contribution in [0.25, 0.3) is 0 Å². The second kappa shape index (κ2) is 5.96. The number of aliphatic imine (C=N–C) groups is 1. The molecule has 0 spiro atoms. The van der Waals surface area contributed by atoms with Crippen LogP contribution >= 0.6 is 12.2 Å². The Bertz CT molecular complexity index is 575. The molecule has 0 saturated heterocycles. The van der Waals surface area contributed by atoms with Gasteiger partial charge in [0.15, 0.2) is 0 Å². The van der Waals surface area contributed by atoms with E-state index in [0.717, 1.165) is 22.8 Å². The number of nitrogens with zero attached hydrogens (tertiary/aromatic N) is 1. The molecule has 2 aromatic carbocycles. The number of anilines is 2. The Morgan fingerprint density at radius 2 is 1.83 bits per heavy atom. The zero-order chi connectivity index (χ0) is 12.8. The van der Waals surface area contributed by atoms with Gasteiger partial charge < -0.3 is 10.1 Å². The summed E-state index contributed by atoms with van der Waals surface area (Å²) in [5, 5.41) is 5.62. The molecule has 0 atom stereocenters. The third kappa shape index (κ3) is 2.94. The third-order valence-corrected chi connectivity index (χ3v) is 2.52. The molecule has 0 saturated carbocycles. The summed E-state index contributed by atoms with van der Waals surface area (Å²) in [7, 11) is 1.65. The van der Waals surface area contributed by atoms with Gasteiger partial charge in [-0.1, -0.05) is 12.1 Å². The Kier molecular flexibility index (Phi) is 4.07. The van der Waals surface area contributed by atoms with Crippen molar-refractivity contribution in [2.75, 3.05) is 12.4 Å². The highest BCUT2D eigenvalue weighted by atomic mass is 32.1. The monoisotopic (exact) mass is 256 g/mol. The number of ether oxygens (including phenoxy) is 1. The Morgan fingerprint density at radius 1 is 1.11 bits per heavy atom. The maximum absolute atomic E-state index is 5.28. The van der Waals surface area contributed by atoms with Gasteiger partial charge in [0.25, 0.3) is 0 Å². The first-order chi connectivity index (χ1) is 8.83. The maximum atomic E-state index is 5.28. The fourth-order valence-corrected chi connectivity index (χ4v) is 1.68. The first kappa shape index (κ1) is 12.3. The standard InChI is InChI=1S/C14H12N2OS/c1-17-14-5-3-2-4-13(14)16-12-8-6-11(7-9-12)15-10-18/h2-9,16H,1H3. The molecule has 3 nitrogen and oxygen atoms in total. The van der Waals surface area contributed by atoms with Gasteiger partial charge in [0.1, 0.15) is 5.75 Å². The van der Waals surface area contributed by atoms with Crippen LogP contribution in [0.15, 0.2) is 53.5 Å². The number of rotatable bonds is 4. The average Bonchev–Trinajstić information content (AvgIpc) is 2.42. The minimum absolute atomic E-state index is 0.788. The van der Waals surface area contributed by atoms with Gasteiger partial charge in [-0.25, -0.2) is 0 Å². The van der Waals surface area contributed by atoms with Crippen LogP contribution in [0.1, 0.15) is 0 Å². The van der Waals surface area contributed by atoms with Gasteiger partial charge in [-0.2, -0.15) is 4.99 Å². The van der Waals surface area contributed by atoms with E-state index in [1.807, 2.05) is 48.5 Å². The van der Waals surface area contributed by atoms with E-state index in [4.69, 9.17) is 4.74 Å². The molecular weight excluding hydrogens is 244 g/mol. The van der Waals surface area contributed by atoms with Crippen molar-refractivity contribution in [3.05, 3.63) is 48.5 Å². The lowest BCUT2D eigenvalue weighted by molar-refractivity contribution is 0.417. The largest absolute Gasteiger partial charge is 0.495 e. The molecule has 1 N–H and O–H groups in total. The van der Waals surface area contributed by atoms with Crippen LogP contribution in [0.5, 0.6) is 5.75 Å². The maximum Gasteiger partial charge on any atom is 0.142 e. The Hall–Kier alpha value is -2.16. The minimum atomic E-state index is 0.788. The van der Waals surface area contributed by atoms with Crippen LogP contribution in [-0.2, 0) is 0 Å². The van der Waals surface area contributed by atoms with Gasteiger partial charge in [0.2, 0.25) is 0 Å². The number of hydrogen-bond donors (Lipinski definition) is 1. The summed E-state index contributed by atoms with van der Waals surface area (Å²) in [6.07, 6.45) is 0. The Morgan fingerprint density at radius 3 is 2.50 bits per heavy atom. The highest BCUT2D eigenvalue weighted by Gasteiger charge is 2.01. The van der Waals surface area contributed by atoms with Crippen molar-refractivity contribution < 1.29 is 4.74 Å². The molecule has 4 heteroatoms. The average molecular weight is 256 g/mol. The van der Waals surface area contributed by atoms with Gasteiger partial charge in [0.05, 0.1) is 23.6 Å². The first-order valence-corrected chi connectivity index (χ1v) is 5.82. The van der Waals surface area contributed by atoms with E-state index < -0.39 is 0 Å². The molecule has 0 bridgehead atoms. The summed E-state index contributed by atoms with van der Waals surface area (Å²) in [5.74, 6) is 0.804. The van der Waals surface area contributed by atoms with Gasteiger partial charge in [-0.15, -0.1) is 0 Å². The predicted molar refractivity (Wildman–Crippen MR) is 77.4 cm³/mol. The molecule has 2 aromatic rings. The summed E-state index contributed by atoms with van der Waals surface area (Å²) < 4.78 is 5.28. The Labute approximate surface area is 111 Å². The van der Waals surface area contributed by atoms with Crippen LogP contribution in [0.3, 0.4) is 0 Å². The molecule has 0 heterocycles. The van der Waals surface area contributed by atoms with Crippen LogP contribution in [0, 0.1) is 0 Å². The normalized spacial score (nSPS) is 9.39. The second-order valence-corrected chi connectivity index (χ2v) is 3.76. The summed E-state index contributed by atoms with van der Waals surface area (Å²) in [6, 6.07) is 15.4. The molecule has 90 valence electrons. The van der Waals surface area contributed by atoms with Crippen molar-refractivity contribution in [1.82, 2.24) is 0 Å². The van der Waals surface area contributed by atoms with E-state index >= 15 is 0 Å². The molecule has 0 radical (unpaired) electrons. The van der Waals surface area contributed by atoms with E-state index in [-0.39, 0.29) is 0 Å². The van der Waals surface area contributed by atoms with E-state index in [1.165, 1.54) is 0 Å². The number of isothiocyanates is 1. The summed E-state index contributed by atoms with van der Waals surface area (Å²) in [6.45, 7) is 0. The molecule has 0 aromatic heterocycles. The van der Waals surface area contributed by atoms with Gasteiger partial charge >= 0.3 is 0 Å². The first-order valence-electron chi connectivity index (χ1n) is 5.41. The van der Waals surface area contributed by atoms with E-state index in [0.29, 0.717) is 0 Å². The van der Waals surface area contributed by atoms with Crippen molar-refractivity contribution in [2.24, 2.45) is 4.99 Å². The van der Waals surface area contributed by atoms with Crippen LogP contribution < -0.4 is 10.1 Å². The quantitative estimate of drug-likeness (QED) is 0.658. The number of hydrogen-bond acceptors (Lipinski definition) is 4. The van der Waals surface area contributed by atoms with Crippen LogP contribution in [0.2, 0.25) is 0 Å². The lowest BCUT2D eigenvalue weighted by atomic mass is 10.2. The van der Waals surface area contributed by atoms with Crippen LogP contribution in [-0.4, -0.2) is 12.3 Å². The zero-order valence-corrected chi connectivity index (χ0v) is 10.7. The number of methoxy groups -OCH3 is 1. The molecule has 0 amide bonds. The Balaban J connectivity index is 2.20. The number of thiocarbonyl (C=S) groups is 1. The van der Waals surface area contributed by atoms with Crippen molar-refractivity contribution >= 4 is 34.4 Å². The van der Waals surface area contributed by atoms with Crippen LogP contribution in [0.4, 0.5) is 17.1 Å². The SMILES string of the molecule is COc1ccccc1Nc1ccc(N=C=S)cc1. The number of nitrogens with one attached hydrogen (secondary N) is 1. The molecule has 0 aliphatic rings. The molecule has 2 rings (SSSR count). The highest BCUT2D eigenvalue weighted by Crippen LogP contribution is 2.27. The van der Waals surface area contributed by atoms with E-state index in [2.05, 4.69) is 27.7 Å². The van der Waals surface area contributed by atoms with E-state index in [9.17, 15) is 0 Å².